The van der Waals surface area contributed by atoms with E-state index in [4.69, 9.17) is 11.6 Å². The smallest absolute Gasteiger partial charge is 0.148 e. The van der Waals surface area contributed by atoms with Crippen LogP contribution in [0.5, 0.6) is 0 Å². The van der Waals surface area contributed by atoms with Crippen molar-refractivity contribution in [2.45, 2.75) is 30.9 Å². The highest BCUT2D eigenvalue weighted by atomic mass is 35.5. The Bertz CT molecular complexity index is 1130. The van der Waals surface area contributed by atoms with Gasteiger partial charge in [-0.15, -0.1) is 0 Å². The summed E-state index contributed by atoms with van der Waals surface area (Å²) in [5.74, 6) is 0. The lowest BCUT2D eigenvalue weighted by Gasteiger charge is -2.39. The lowest BCUT2D eigenvalue weighted by atomic mass is 9.84. The van der Waals surface area contributed by atoms with Gasteiger partial charge < -0.3 is 10.0 Å². The summed E-state index contributed by atoms with van der Waals surface area (Å²) >= 11 is 6.06. The van der Waals surface area contributed by atoms with Gasteiger partial charge in [0, 0.05) is 18.1 Å². The highest BCUT2D eigenvalue weighted by molar-refractivity contribution is 7.11. The summed E-state index contributed by atoms with van der Waals surface area (Å²) in [6.07, 6.45) is 2.64. The number of aliphatic hydroxyl groups is 1. The molecule has 0 unspecified atom stereocenters. The van der Waals surface area contributed by atoms with Gasteiger partial charge in [0.25, 0.3) is 0 Å². The van der Waals surface area contributed by atoms with E-state index in [2.05, 4.69) is 95.9 Å². The van der Waals surface area contributed by atoms with Gasteiger partial charge in [0.15, 0.2) is 0 Å². The van der Waals surface area contributed by atoms with E-state index < -0.39 is 13.7 Å². The minimum atomic E-state index is -2.18. The maximum absolute atomic E-state index is 11.3. The molecule has 4 aromatic rings. The fraction of sp³-hybridized carbons (Fsp3) is 0.250. The fourth-order valence-corrected chi connectivity index (χ4v) is 10.8. The largest absolute Gasteiger partial charge is 0.385 e. The minimum Gasteiger partial charge on any atom is -0.385 e. The standard InChI is InChI=1S/C32H34ClNOSi/c33-28-19-17-27(18-20-28)32(35)21-24-34(25-22-32)23-10-26-36(29-11-4-1-5-12-29,30-13-6-2-7-14-30)31-15-8-3-9-16-31/h1-9,11-20,35H,10,21-26H2. The van der Waals surface area contributed by atoms with Crippen molar-refractivity contribution in [2.75, 3.05) is 19.6 Å². The third-order valence-corrected chi connectivity index (χ3v) is 13.2. The summed E-state index contributed by atoms with van der Waals surface area (Å²) in [6.45, 7) is 2.88. The Morgan fingerprint density at radius 1 is 0.667 bits per heavy atom. The van der Waals surface area contributed by atoms with Crippen molar-refractivity contribution in [2.24, 2.45) is 0 Å². The molecule has 0 atom stereocenters. The van der Waals surface area contributed by atoms with E-state index in [-0.39, 0.29) is 0 Å². The molecule has 1 saturated heterocycles. The van der Waals surface area contributed by atoms with Crippen LogP contribution in [0.15, 0.2) is 115 Å². The summed E-state index contributed by atoms with van der Waals surface area (Å²) in [7, 11) is -2.18. The lowest BCUT2D eigenvalue weighted by Crippen LogP contribution is -2.67. The molecule has 0 radical (unpaired) electrons. The van der Waals surface area contributed by atoms with Crippen molar-refractivity contribution in [3.63, 3.8) is 0 Å². The van der Waals surface area contributed by atoms with E-state index in [9.17, 15) is 5.11 Å². The predicted octanol–water partition coefficient (Wildman–Crippen LogP) is 5.18. The van der Waals surface area contributed by atoms with Crippen LogP contribution in [0, 0.1) is 0 Å². The molecule has 4 aromatic carbocycles. The van der Waals surface area contributed by atoms with Gasteiger partial charge in [-0.05, 0) is 65.1 Å². The third kappa shape index (κ3) is 5.21. The van der Waals surface area contributed by atoms with E-state index in [0.717, 1.165) is 50.5 Å². The number of nitrogens with zero attached hydrogens (tertiary/aromatic N) is 1. The van der Waals surface area contributed by atoms with Gasteiger partial charge in [-0.25, -0.2) is 0 Å². The second kappa shape index (κ2) is 11.1. The molecule has 184 valence electrons. The van der Waals surface area contributed by atoms with Crippen LogP contribution in [-0.2, 0) is 5.60 Å². The average Bonchev–Trinajstić information content (AvgIpc) is 2.94. The second-order valence-corrected chi connectivity index (χ2v) is 14.5. The fourth-order valence-electron chi connectivity index (χ4n) is 5.86. The average molecular weight is 512 g/mol. The highest BCUT2D eigenvalue weighted by Gasteiger charge is 2.39. The molecule has 0 bridgehead atoms. The number of benzene rings is 4. The Hall–Kier alpha value is -2.69. The number of hydrogen-bond acceptors (Lipinski definition) is 2. The van der Waals surface area contributed by atoms with E-state index in [1.165, 1.54) is 15.6 Å². The predicted molar refractivity (Wildman–Crippen MR) is 154 cm³/mol. The Balaban J connectivity index is 1.34. The van der Waals surface area contributed by atoms with E-state index >= 15 is 0 Å². The number of hydrogen-bond donors (Lipinski definition) is 1. The molecule has 0 amide bonds. The van der Waals surface area contributed by atoms with E-state index in [1.807, 2.05) is 24.3 Å². The summed E-state index contributed by atoms with van der Waals surface area (Å²) in [6, 6.07) is 42.3. The summed E-state index contributed by atoms with van der Waals surface area (Å²) < 4.78 is 0. The lowest BCUT2D eigenvalue weighted by molar-refractivity contribution is -0.0257. The van der Waals surface area contributed by atoms with Crippen molar-refractivity contribution in [3.8, 4) is 0 Å². The quantitative estimate of drug-likeness (QED) is 0.260. The molecular formula is C32H34ClNOSi. The Kier molecular flexibility index (Phi) is 7.73. The van der Waals surface area contributed by atoms with E-state index in [0.29, 0.717) is 5.02 Å². The van der Waals surface area contributed by atoms with Gasteiger partial charge in [-0.2, -0.15) is 0 Å². The molecule has 1 fully saturated rings. The third-order valence-electron chi connectivity index (χ3n) is 7.89. The van der Waals surface area contributed by atoms with Gasteiger partial charge >= 0.3 is 0 Å². The number of piperidine rings is 1. The van der Waals surface area contributed by atoms with Crippen LogP contribution in [-0.4, -0.2) is 37.7 Å². The molecule has 1 N–H and O–H groups in total. The Morgan fingerprint density at radius 3 is 1.56 bits per heavy atom. The maximum atomic E-state index is 11.3. The first-order chi connectivity index (χ1) is 17.6. The second-order valence-electron chi connectivity index (χ2n) is 9.99. The monoisotopic (exact) mass is 511 g/mol. The summed E-state index contributed by atoms with van der Waals surface area (Å²) in [5.41, 5.74) is 0.229. The van der Waals surface area contributed by atoms with Crippen LogP contribution in [0.4, 0.5) is 0 Å². The molecule has 0 saturated carbocycles. The first-order valence-corrected chi connectivity index (χ1v) is 15.6. The van der Waals surface area contributed by atoms with Gasteiger partial charge in [-0.3, -0.25) is 0 Å². The zero-order valence-corrected chi connectivity index (χ0v) is 22.4. The van der Waals surface area contributed by atoms with Crippen LogP contribution in [0.3, 0.4) is 0 Å². The number of likely N-dealkylation sites (tertiary alicyclic amines) is 1. The number of halogens is 1. The molecule has 0 spiro atoms. The molecule has 1 heterocycles. The van der Waals surface area contributed by atoms with Crippen molar-refractivity contribution in [1.29, 1.82) is 0 Å². The van der Waals surface area contributed by atoms with E-state index in [1.54, 1.807) is 0 Å². The normalized spacial score (nSPS) is 16.1. The van der Waals surface area contributed by atoms with Gasteiger partial charge in [0.1, 0.15) is 8.07 Å². The molecule has 4 heteroatoms. The maximum Gasteiger partial charge on any atom is 0.148 e. The molecule has 2 nitrogen and oxygen atoms in total. The Labute approximate surface area is 221 Å². The zero-order chi connectivity index (χ0) is 24.8. The van der Waals surface area contributed by atoms with Crippen molar-refractivity contribution >= 4 is 35.2 Å². The molecule has 0 aromatic heterocycles. The molecule has 36 heavy (non-hydrogen) atoms. The SMILES string of the molecule is OC1(c2ccc(Cl)cc2)CCN(CCC[Si](c2ccccc2)(c2ccccc2)c2ccccc2)CC1. The summed E-state index contributed by atoms with van der Waals surface area (Å²) in [5, 5.41) is 16.4. The van der Waals surface area contributed by atoms with Gasteiger partial charge in [-0.1, -0.05) is 115 Å². The van der Waals surface area contributed by atoms with Crippen LogP contribution < -0.4 is 15.6 Å². The van der Waals surface area contributed by atoms with Crippen LogP contribution in [0.1, 0.15) is 24.8 Å². The number of rotatable bonds is 8. The van der Waals surface area contributed by atoms with Crippen LogP contribution in [0.2, 0.25) is 11.1 Å². The Morgan fingerprint density at radius 2 is 1.11 bits per heavy atom. The van der Waals surface area contributed by atoms with Crippen molar-refractivity contribution < 1.29 is 5.11 Å². The first-order valence-electron chi connectivity index (χ1n) is 13.0. The minimum absolute atomic E-state index is 0.711. The van der Waals surface area contributed by atoms with Crippen LogP contribution in [0.25, 0.3) is 0 Å². The van der Waals surface area contributed by atoms with Crippen LogP contribution >= 0.6 is 11.6 Å². The molecular weight excluding hydrogens is 478 g/mol. The van der Waals surface area contributed by atoms with Crippen molar-refractivity contribution in [1.82, 2.24) is 4.90 Å². The zero-order valence-electron chi connectivity index (χ0n) is 20.7. The molecule has 1 aliphatic rings. The molecule has 0 aliphatic carbocycles. The summed E-state index contributed by atoms with van der Waals surface area (Å²) in [4.78, 5) is 2.53. The molecule has 5 rings (SSSR count). The van der Waals surface area contributed by atoms with Crippen molar-refractivity contribution in [3.05, 3.63) is 126 Å². The highest BCUT2D eigenvalue weighted by Crippen LogP contribution is 2.33. The first kappa shape index (κ1) is 25.0. The molecule has 1 aliphatic heterocycles. The topological polar surface area (TPSA) is 23.5 Å². The van der Waals surface area contributed by atoms with Gasteiger partial charge in [0.05, 0.1) is 5.60 Å². The van der Waals surface area contributed by atoms with Gasteiger partial charge in [0.2, 0.25) is 0 Å².